The number of nitrogens with zero attached hydrogens (tertiary/aromatic N) is 2. The van der Waals surface area contributed by atoms with Crippen LogP contribution in [0.3, 0.4) is 0 Å². The second-order valence-corrected chi connectivity index (χ2v) is 4.27. The number of nitrogens with one attached hydrogen (secondary N) is 1. The van der Waals surface area contributed by atoms with Gasteiger partial charge in [0.1, 0.15) is 11.6 Å². The fourth-order valence-electron chi connectivity index (χ4n) is 1.96. The topological polar surface area (TPSA) is 113 Å². The molecular weight excluding hydrogens is 254 g/mol. The van der Waals surface area contributed by atoms with Gasteiger partial charge in [0.05, 0.1) is 19.3 Å². The molecule has 0 aromatic carbocycles. The van der Waals surface area contributed by atoms with Gasteiger partial charge in [0.25, 0.3) is 11.5 Å². The zero-order valence-corrected chi connectivity index (χ0v) is 10.2. The summed E-state index contributed by atoms with van der Waals surface area (Å²) in [7, 11) is 1.49. The van der Waals surface area contributed by atoms with E-state index in [9.17, 15) is 14.4 Å². The molecule has 1 aliphatic rings. The molecule has 19 heavy (non-hydrogen) atoms. The number of amides is 1. The molecule has 102 valence electrons. The Labute approximate surface area is 108 Å². The summed E-state index contributed by atoms with van der Waals surface area (Å²) in [4.78, 5) is 35.3. The van der Waals surface area contributed by atoms with E-state index in [2.05, 4.69) is 10.2 Å². The number of rotatable bonds is 3. The monoisotopic (exact) mass is 267 g/mol. The molecule has 0 aliphatic carbocycles. The minimum Gasteiger partial charge on any atom is -0.481 e. The number of aliphatic carboxylic acids is 1. The maximum absolute atomic E-state index is 12.1. The van der Waals surface area contributed by atoms with Gasteiger partial charge in [-0.3, -0.25) is 14.4 Å². The Morgan fingerprint density at radius 2 is 2.21 bits per heavy atom. The summed E-state index contributed by atoms with van der Waals surface area (Å²) in [6.45, 7) is 0.249. The molecule has 0 saturated carbocycles. The van der Waals surface area contributed by atoms with Crippen LogP contribution in [0.1, 0.15) is 10.5 Å². The summed E-state index contributed by atoms with van der Waals surface area (Å²) in [6, 6.07) is 1.94. The van der Waals surface area contributed by atoms with E-state index in [0.717, 1.165) is 0 Å². The smallest absolute Gasteiger partial charge is 0.311 e. The second kappa shape index (κ2) is 5.19. The van der Waals surface area contributed by atoms with Crippen molar-refractivity contribution in [3.63, 3.8) is 0 Å². The Morgan fingerprint density at radius 1 is 1.47 bits per heavy atom. The molecule has 1 saturated heterocycles. The number of carbonyl (C=O) groups excluding carboxylic acids is 1. The number of carbonyl (C=O) groups is 2. The Morgan fingerprint density at radius 3 is 2.79 bits per heavy atom. The highest BCUT2D eigenvalue weighted by Crippen LogP contribution is 2.20. The standard InChI is InChI=1S/C11H13N3O5/c1-14(8-5-19-4-6(8)11(17)18)10(16)7-2-3-9(15)13-12-7/h2-3,6,8H,4-5H2,1H3,(H,13,15)(H,17,18). The normalized spacial score (nSPS) is 22.2. The van der Waals surface area contributed by atoms with Gasteiger partial charge in [-0.25, -0.2) is 5.10 Å². The lowest BCUT2D eigenvalue weighted by Crippen LogP contribution is -2.44. The molecule has 1 amide bonds. The molecule has 2 atom stereocenters. The third kappa shape index (κ3) is 2.63. The van der Waals surface area contributed by atoms with Crippen LogP contribution >= 0.6 is 0 Å². The first-order valence-electron chi connectivity index (χ1n) is 5.64. The van der Waals surface area contributed by atoms with Gasteiger partial charge in [-0.15, -0.1) is 0 Å². The highest BCUT2D eigenvalue weighted by atomic mass is 16.5. The van der Waals surface area contributed by atoms with Crippen molar-refractivity contribution in [1.29, 1.82) is 0 Å². The van der Waals surface area contributed by atoms with Crippen LogP contribution in [-0.2, 0) is 9.53 Å². The number of aromatic nitrogens is 2. The Kier molecular flexibility index (Phi) is 3.61. The summed E-state index contributed by atoms with van der Waals surface area (Å²) in [6.07, 6.45) is 0. The number of carboxylic acid groups (broad SMARTS) is 1. The molecule has 8 heteroatoms. The van der Waals surface area contributed by atoms with Crippen LogP contribution in [0.25, 0.3) is 0 Å². The third-order valence-electron chi connectivity index (χ3n) is 3.08. The molecule has 1 aromatic rings. The lowest BCUT2D eigenvalue weighted by molar-refractivity contribution is -0.142. The van der Waals surface area contributed by atoms with Gasteiger partial charge in [-0.2, -0.15) is 5.10 Å². The van der Waals surface area contributed by atoms with E-state index in [0.29, 0.717) is 0 Å². The summed E-state index contributed by atoms with van der Waals surface area (Å²) in [5.74, 6) is -2.22. The van der Waals surface area contributed by atoms with Crippen LogP contribution in [0.5, 0.6) is 0 Å². The Bertz CT molecular complexity index is 535. The van der Waals surface area contributed by atoms with E-state index in [1.807, 2.05) is 0 Å². The largest absolute Gasteiger partial charge is 0.481 e. The zero-order chi connectivity index (χ0) is 14.0. The third-order valence-corrected chi connectivity index (χ3v) is 3.08. The number of hydrogen-bond acceptors (Lipinski definition) is 5. The number of hydrogen-bond donors (Lipinski definition) is 2. The average Bonchev–Trinajstić information content (AvgIpc) is 2.87. The van der Waals surface area contributed by atoms with E-state index >= 15 is 0 Å². The lowest BCUT2D eigenvalue weighted by Gasteiger charge is -2.25. The maximum Gasteiger partial charge on any atom is 0.311 e. The second-order valence-electron chi connectivity index (χ2n) is 4.27. The lowest BCUT2D eigenvalue weighted by atomic mass is 10.0. The van der Waals surface area contributed by atoms with Gasteiger partial charge in [-0.05, 0) is 6.07 Å². The number of likely N-dealkylation sites (N-methyl/N-ethyl adjacent to an activating group) is 1. The van der Waals surface area contributed by atoms with Crippen molar-refractivity contribution in [3.8, 4) is 0 Å². The molecule has 0 bridgehead atoms. The SMILES string of the molecule is CN(C(=O)c1ccc(=O)[nH]n1)C1COCC1C(=O)O. The van der Waals surface area contributed by atoms with Crippen molar-refractivity contribution in [2.75, 3.05) is 20.3 Å². The molecule has 2 rings (SSSR count). The van der Waals surface area contributed by atoms with Crippen molar-refractivity contribution in [2.45, 2.75) is 6.04 Å². The number of aromatic amines is 1. The highest BCUT2D eigenvalue weighted by molar-refractivity contribution is 5.92. The van der Waals surface area contributed by atoms with E-state index < -0.39 is 29.4 Å². The zero-order valence-electron chi connectivity index (χ0n) is 10.2. The molecule has 1 aliphatic heterocycles. The minimum atomic E-state index is -1.00. The first-order chi connectivity index (χ1) is 9.00. The van der Waals surface area contributed by atoms with Crippen molar-refractivity contribution >= 4 is 11.9 Å². The fourth-order valence-corrected chi connectivity index (χ4v) is 1.96. The van der Waals surface area contributed by atoms with Gasteiger partial charge >= 0.3 is 5.97 Å². The Balaban J connectivity index is 2.17. The predicted molar refractivity (Wildman–Crippen MR) is 62.7 cm³/mol. The first-order valence-corrected chi connectivity index (χ1v) is 5.64. The van der Waals surface area contributed by atoms with Crippen molar-refractivity contribution in [2.24, 2.45) is 5.92 Å². The van der Waals surface area contributed by atoms with Gasteiger partial charge in [-0.1, -0.05) is 0 Å². The summed E-state index contributed by atoms with van der Waals surface area (Å²) < 4.78 is 5.10. The van der Waals surface area contributed by atoms with Crippen molar-refractivity contribution in [1.82, 2.24) is 15.1 Å². The van der Waals surface area contributed by atoms with Crippen LogP contribution < -0.4 is 5.56 Å². The number of ether oxygens (including phenoxy) is 1. The quantitative estimate of drug-likeness (QED) is 0.722. The van der Waals surface area contributed by atoms with E-state index in [1.54, 1.807) is 0 Å². The number of carboxylic acids is 1. The maximum atomic E-state index is 12.1. The van der Waals surface area contributed by atoms with Crippen LogP contribution in [0, 0.1) is 5.92 Å². The molecule has 8 nitrogen and oxygen atoms in total. The highest BCUT2D eigenvalue weighted by Gasteiger charge is 2.38. The van der Waals surface area contributed by atoms with Crippen molar-refractivity contribution in [3.05, 3.63) is 28.2 Å². The van der Waals surface area contributed by atoms with Crippen LogP contribution in [0.15, 0.2) is 16.9 Å². The molecule has 2 unspecified atom stereocenters. The van der Waals surface area contributed by atoms with Gasteiger partial charge in [0, 0.05) is 13.1 Å². The van der Waals surface area contributed by atoms with E-state index in [-0.39, 0.29) is 18.9 Å². The van der Waals surface area contributed by atoms with Gasteiger partial charge in [0.15, 0.2) is 0 Å². The van der Waals surface area contributed by atoms with E-state index in [4.69, 9.17) is 9.84 Å². The number of H-pyrrole nitrogens is 1. The first kappa shape index (κ1) is 13.2. The van der Waals surface area contributed by atoms with Crippen LogP contribution in [-0.4, -0.2) is 58.4 Å². The molecule has 2 N–H and O–H groups in total. The molecule has 0 spiro atoms. The Hall–Kier alpha value is -2.22. The fraction of sp³-hybridized carbons (Fsp3) is 0.455. The van der Waals surface area contributed by atoms with Gasteiger partial charge < -0.3 is 14.7 Å². The van der Waals surface area contributed by atoms with E-state index in [1.165, 1.54) is 24.1 Å². The summed E-state index contributed by atoms with van der Waals surface area (Å²) in [5, 5.41) is 14.8. The van der Waals surface area contributed by atoms with Gasteiger partial charge in [0.2, 0.25) is 0 Å². The molecular formula is C11H13N3O5. The molecule has 2 heterocycles. The van der Waals surface area contributed by atoms with Crippen LogP contribution in [0.2, 0.25) is 0 Å². The molecule has 1 fully saturated rings. The predicted octanol–water partition coefficient (Wildman–Crippen LogP) is -1.06. The minimum absolute atomic E-state index is 0.0538. The molecule has 1 aromatic heterocycles. The molecule has 0 radical (unpaired) electrons. The average molecular weight is 267 g/mol. The summed E-state index contributed by atoms with van der Waals surface area (Å²) in [5.41, 5.74) is -0.357. The van der Waals surface area contributed by atoms with Crippen LogP contribution in [0.4, 0.5) is 0 Å². The van der Waals surface area contributed by atoms with Crippen molar-refractivity contribution < 1.29 is 19.4 Å². The summed E-state index contributed by atoms with van der Waals surface area (Å²) >= 11 is 0.